The molecule has 0 radical (unpaired) electrons. The van der Waals surface area contributed by atoms with Crippen molar-refractivity contribution in [2.24, 2.45) is 0 Å². The van der Waals surface area contributed by atoms with Crippen LogP contribution >= 0.6 is 11.6 Å². The summed E-state index contributed by atoms with van der Waals surface area (Å²) in [5, 5.41) is 8.70. The van der Waals surface area contributed by atoms with Crippen LogP contribution in [0.5, 0.6) is 0 Å². The Balaban J connectivity index is 2.90. The summed E-state index contributed by atoms with van der Waals surface area (Å²) >= 11 is 5.73. The molecule has 1 aromatic carbocycles. The fourth-order valence-electron chi connectivity index (χ4n) is 1.20. The van der Waals surface area contributed by atoms with Crippen LogP contribution in [0.3, 0.4) is 0 Å². The number of nitrogens with one attached hydrogen (secondary N) is 1. The van der Waals surface area contributed by atoms with Gasteiger partial charge in [-0.05, 0) is 18.2 Å². The lowest BCUT2D eigenvalue weighted by molar-refractivity contribution is 0.582. The molecule has 0 heterocycles. The van der Waals surface area contributed by atoms with Crippen molar-refractivity contribution in [1.29, 1.82) is 5.26 Å². The Hall–Kier alpha value is -1.14. The summed E-state index contributed by atoms with van der Waals surface area (Å²) in [6.45, 7) is -0.223. The highest BCUT2D eigenvalue weighted by molar-refractivity contribution is 7.91. The van der Waals surface area contributed by atoms with Crippen molar-refractivity contribution in [1.82, 2.24) is 4.72 Å². The van der Waals surface area contributed by atoms with Gasteiger partial charge in [0.1, 0.15) is 15.9 Å². The minimum Gasteiger partial charge on any atom is -0.229 e. The third-order valence-corrected chi connectivity index (χ3v) is 4.85. The lowest BCUT2D eigenvalue weighted by Gasteiger charge is -2.06. The number of hydrogen-bond donors (Lipinski definition) is 1. The van der Waals surface area contributed by atoms with E-state index in [-0.39, 0.29) is 27.8 Å². The zero-order chi connectivity index (χ0) is 14.7. The van der Waals surface area contributed by atoms with Crippen molar-refractivity contribution < 1.29 is 16.8 Å². The lowest BCUT2D eigenvalue weighted by atomic mass is 10.2. The smallest absolute Gasteiger partial charge is 0.229 e. The van der Waals surface area contributed by atoms with E-state index in [1.807, 2.05) is 6.07 Å². The van der Waals surface area contributed by atoms with E-state index in [1.165, 1.54) is 12.1 Å². The first-order valence-corrected chi connectivity index (χ1v) is 8.95. The number of nitriles is 1. The number of sulfone groups is 1. The number of sulfonamides is 1. The van der Waals surface area contributed by atoms with Crippen LogP contribution in [0, 0.1) is 11.3 Å². The van der Waals surface area contributed by atoms with Gasteiger partial charge in [-0.25, -0.2) is 21.6 Å². The van der Waals surface area contributed by atoms with Gasteiger partial charge >= 0.3 is 0 Å². The molecule has 0 aliphatic rings. The standard InChI is InChI=1S/C10H11ClN2O4S2/c1-18(14,15)5-4-13-19(16,17)9-3-2-8(7-12)10(11)6-9/h2-3,6,13H,4-5H2,1H3. The van der Waals surface area contributed by atoms with Gasteiger partial charge in [0.2, 0.25) is 10.0 Å². The van der Waals surface area contributed by atoms with E-state index >= 15 is 0 Å². The summed E-state index contributed by atoms with van der Waals surface area (Å²) in [6, 6.07) is 5.47. The van der Waals surface area contributed by atoms with Gasteiger partial charge in [0.15, 0.2) is 0 Å². The Kier molecular flexibility index (Phi) is 4.92. The molecule has 0 unspecified atom stereocenters. The highest BCUT2D eigenvalue weighted by Gasteiger charge is 2.16. The molecule has 1 N–H and O–H groups in total. The van der Waals surface area contributed by atoms with E-state index in [1.54, 1.807) is 0 Å². The zero-order valence-electron chi connectivity index (χ0n) is 9.92. The third kappa shape index (κ3) is 4.80. The Morgan fingerprint density at radius 1 is 1.32 bits per heavy atom. The highest BCUT2D eigenvalue weighted by atomic mass is 35.5. The van der Waals surface area contributed by atoms with Crippen molar-refractivity contribution in [2.45, 2.75) is 4.90 Å². The fourth-order valence-corrected chi connectivity index (χ4v) is 3.15. The number of rotatable bonds is 5. The maximum atomic E-state index is 11.8. The van der Waals surface area contributed by atoms with E-state index in [9.17, 15) is 16.8 Å². The summed E-state index contributed by atoms with van der Waals surface area (Å²) in [4.78, 5) is -0.120. The first-order chi connectivity index (χ1) is 8.65. The second-order valence-corrected chi connectivity index (χ2v) is 8.22. The molecule has 0 saturated heterocycles. The minimum absolute atomic E-state index is 0.0217. The molecule has 1 aromatic rings. The molecule has 0 saturated carbocycles. The van der Waals surface area contributed by atoms with Crippen molar-refractivity contribution in [3.8, 4) is 6.07 Å². The molecule has 104 valence electrons. The molecule has 0 amide bonds. The molecule has 0 aliphatic heterocycles. The molecule has 0 bridgehead atoms. The highest BCUT2D eigenvalue weighted by Crippen LogP contribution is 2.19. The van der Waals surface area contributed by atoms with Crippen molar-refractivity contribution in [2.75, 3.05) is 18.6 Å². The molecule has 0 spiro atoms. The molecule has 0 atom stereocenters. The number of halogens is 1. The maximum absolute atomic E-state index is 11.8. The van der Waals surface area contributed by atoms with Gasteiger partial charge in [-0.1, -0.05) is 11.6 Å². The molecular formula is C10H11ClN2O4S2. The second kappa shape index (κ2) is 5.88. The van der Waals surface area contributed by atoms with E-state index in [0.717, 1.165) is 12.3 Å². The Labute approximate surface area is 117 Å². The van der Waals surface area contributed by atoms with Crippen LogP contribution in [-0.2, 0) is 19.9 Å². The summed E-state index contributed by atoms with van der Waals surface area (Å²) in [6.07, 6.45) is 1.01. The monoisotopic (exact) mass is 322 g/mol. The normalized spacial score (nSPS) is 12.1. The lowest BCUT2D eigenvalue weighted by Crippen LogP contribution is -2.28. The quantitative estimate of drug-likeness (QED) is 0.851. The summed E-state index contributed by atoms with van der Waals surface area (Å²) < 4.78 is 47.6. The van der Waals surface area contributed by atoms with E-state index < -0.39 is 19.9 Å². The van der Waals surface area contributed by atoms with Gasteiger partial charge < -0.3 is 0 Å². The molecule has 0 aromatic heterocycles. The van der Waals surface area contributed by atoms with Gasteiger partial charge in [0.25, 0.3) is 0 Å². The van der Waals surface area contributed by atoms with E-state index in [4.69, 9.17) is 16.9 Å². The van der Waals surface area contributed by atoms with E-state index in [0.29, 0.717) is 0 Å². The molecule has 0 aliphatic carbocycles. The van der Waals surface area contributed by atoms with Crippen LogP contribution in [0.25, 0.3) is 0 Å². The van der Waals surface area contributed by atoms with E-state index in [2.05, 4.69) is 4.72 Å². The summed E-state index contributed by atoms with van der Waals surface area (Å²) in [7, 11) is -7.08. The third-order valence-electron chi connectivity index (χ3n) is 2.14. The Bertz CT molecular complexity index is 720. The van der Waals surface area contributed by atoms with Crippen LogP contribution in [-0.4, -0.2) is 35.4 Å². The predicted octanol–water partition coefficient (Wildman–Crippen LogP) is 0.535. The molecule has 0 fully saturated rings. The van der Waals surface area contributed by atoms with Crippen LogP contribution in [0.1, 0.15) is 5.56 Å². The molecule has 1 rings (SSSR count). The van der Waals surface area contributed by atoms with Crippen molar-refractivity contribution >= 4 is 31.5 Å². The largest absolute Gasteiger partial charge is 0.240 e. The number of nitrogens with zero attached hydrogens (tertiary/aromatic N) is 1. The molecule has 9 heteroatoms. The first kappa shape index (κ1) is 15.9. The minimum atomic E-state index is -3.84. The van der Waals surface area contributed by atoms with Crippen LogP contribution in [0.15, 0.2) is 23.1 Å². The molecule has 6 nitrogen and oxygen atoms in total. The van der Waals surface area contributed by atoms with Gasteiger partial charge in [-0.15, -0.1) is 0 Å². The van der Waals surface area contributed by atoms with Crippen LogP contribution < -0.4 is 4.72 Å². The SMILES string of the molecule is CS(=O)(=O)CCNS(=O)(=O)c1ccc(C#N)c(Cl)c1. The van der Waals surface area contributed by atoms with Crippen molar-refractivity contribution in [3.05, 3.63) is 28.8 Å². The van der Waals surface area contributed by atoms with Gasteiger partial charge in [0, 0.05) is 12.8 Å². The van der Waals surface area contributed by atoms with Gasteiger partial charge in [0.05, 0.1) is 21.2 Å². The van der Waals surface area contributed by atoms with Crippen LogP contribution in [0.2, 0.25) is 5.02 Å². The second-order valence-electron chi connectivity index (χ2n) is 3.78. The Morgan fingerprint density at radius 2 is 1.95 bits per heavy atom. The fraction of sp³-hybridized carbons (Fsp3) is 0.300. The predicted molar refractivity (Wildman–Crippen MR) is 71.1 cm³/mol. The van der Waals surface area contributed by atoms with Crippen LogP contribution in [0.4, 0.5) is 0 Å². The molecular weight excluding hydrogens is 312 g/mol. The summed E-state index contributed by atoms with van der Waals surface area (Å²) in [5.74, 6) is -0.295. The van der Waals surface area contributed by atoms with Gasteiger partial charge in [-0.3, -0.25) is 0 Å². The topological polar surface area (TPSA) is 104 Å². The average Bonchev–Trinajstić information content (AvgIpc) is 2.26. The number of hydrogen-bond acceptors (Lipinski definition) is 5. The van der Waals surface area contributed by atoms with Gasteiger partial charge in [-0.2, -0.15) is 5.26 Å². The Morgan fingerprint density at radius 3 is 2.42 bits per heavy atom. The maximum Gasteiger partial charge on any atom is 0.240 e. The summed E-state index contributed by atoms with van der Waals surface area (Å²) in [5.41, 5.74) is 0.164. The molecule has 19 heavy (non-hydrogen) atoms. The first-order valence-electron chi connectivity index (χ1n) is 5.03. The zero-order valence-corrected chi connectivity index (χ0v) is 12.3. The van der Waals surface area contributed by atoms with Crippen molar-refractivity contribution in [3.63, 3.8) is 0 Å². The average molecular weight is 323 g/mol. The number of benzene rings is 1.